The molecule has 0 saturated carbocycles. The van der Waals surface area contributed by atoms with Crippen LogP contribution in [0.5, 0.6) is 0 Å². The standard InChI is InChI=1S/C10H11NO3S/c12-10(8-4-2-1-3-5-8)11-9-6-14-15(13)7-9/h1-5,9H,6-7H2,(H,11,12)/t9-,15?/m1/s1. The van der Waals surface area contributed by atoms with Crippen molar-refractivity contribution in [2.75, 3.05) is 12.4 Å². The van der Waals surface area contributed by atoms with Gasteiger partial charge in [-0.3, -0.25) is 8.98 Å². The molecule has 2 rings (SSSR count). The molecule has 2 atom stereocenters. The van der Waals surface area contributed by atoms with Gasteiger partial charge in [0.2, 0.25) is 0 Å². The average molecular weight is 225 g/mol. The number of carbonyl (C=O) groups is 1. The van der Waals surface area contributed by atoms with Gasteiger partial charge in [0.15, 0.2) is 11.1 Å². The van der Waals surface area contributed by atoms with Crippen LogP contribution >= 0.6 is 0 Å². The summed E-state index contributed by atoms with van der Waals surface area (Å²) in [7, 11) is 0. The Balaban J connectivity index is 1.96. The average Bonchev–Trinajstić information content (AvgIpc) is 2.65. The third-order valence-electron chi connectivity index (χ3n) is 2.11. The van der Waals surface area contributed by atoms with Gasteiger partial charge in [0.1, 0.15) is 0 Å². The normalized spacial score (nSPS) is 25.1. The van der Waals surface area contributed by atoms with E-state index in [1.54, 1.807) is 24.3 Å². The molecule has 0 radical (unpaired) electrons. The van der Waals surface area contributed by atoms with Crippen LogP contribution < -0.4 is 5.32 Å². The van der Waals surface area contributed by atoms with Gasteiger partial charge >= 0.3 is 0 Å². The van der Waals surface area contributed by atoms with Gasteiger partial charge in [0, 0.05) is 5.56 Å². The van der Waals surface area contributed by atoms with Gasteiger partial charge in [-0.1, -0.05) is 18.2 Å². The molecule has 0 spiro atoms. The summed E-state index contributed by atoms with van der Waals surface area (Å²) in [5.41, 5.74) is 0.607. The van der Waals surface area contributed by atoms with E-state index in [0.29, 0.717) is 17.9 Å². The molecule has 1 N–H and O–H groups in total. The number of hydrogen-bond donors (Lipinski definition) is 1. The second-order valence-corrected chi connectivity index (χ2v) is 4.47. The first-order valence-corrected chi connectivity index (χ1v) is 5.87. The van der Waals surface area contributed by atoms with Crippen LogP contribution in [0.2, 0.25) is 0 Å². The number of carbonyl (C=O) groups excluding carboxylic acids is 1. The molecule has 80 valence electrons. The monoisotopic (exact) mass is 225 g/mol. The van der Waals surface area contributed by atoms with Crippen molar-refractivity contribution in [2.45, 2.75) is 6.04 Å². The molecule has 1 aliphatic rings. The lowest BCUT2D eigenvalue weighted by molar-refractivity contribution is 0.0935. The van der Waals surface area contributed by atoms with Gasteiger partial charge in [-0.25, -0.2) is 4.21 Å². The summed E-state index contributed by atoms with van der Waals surface area (Å²) in [6, 6.07) is 8.80. The van der Waals surface area contributed by atoms with Gasteiger partial charge in [-0.2, -0.15) is 0 Å². The molecule has 1 aromatic carbocycles. The minimum Gasteiger partial charge on any atom is -0.346 e. The minimum absolute atomic E-state index is 0.140. The van der Waals surface area contributed by atoms with E-state index in [-0.39, 0.29) is 11.9 Å². The first-order chi connectivity index (χ1) is 7.25. The molecular formula is C10H11NO3S. The zero-order valence-electron chi connectivity index (χ0n) is 8.01. The molecule has 0 aliphatic carbocycles. The SMILES string of the molecule is O=C(N[C@@H]1COS(=O)C1)c1ccccc1. The second kappa shape index (κ2) is 4.55. The van der Waals surface area contributed by atoms with Gasteiger partial charge in [0.05, 0.1) is 18.4 Å². The van der Waals surface area contributed by atoms with E-state index >= 15 is 0 Å². The number of rotatable bonds is 2. The van der Waals surface area contributed by atoms with Gasteiger partial charge in [0.25, 0.3) is 5.91 Å². The highest BCUT2D eigenvalue weighted by atomic mass is 32.2. The van der Waals surface area contributed by atoms with E-state index in [1.165, 1.54) is 0 Å². The number of amides is 1. The van der Waals surface area contributed by atoms with Crippen LogP contribution in [0.1, 0.15) is 10.4 Å². The largest absolute Gasteiger partial charge is 0.346 e. The quantitative estimate of drug-likeness (QED) is 0.796. The van der Waals surface area contributed by atoms with Crippen LogP contribution in [0.3, 0.4) is 0 Å². The highest BCUT2D eigenvalue weighted by molar-refractivity contribution is 7.80. The molecule has 1 fully saturated rings. The summed E-state index contributed by atoms with van der Waals surface area (Å²) < 4.78 is 15.8. The first-order valence-electron chi connectivity index (χ1n) is 4.63. The van der Waals surface area contributed by atoms with Crippen LogP contribution in [0.25, 0.3) is 0 Å². The highest BCUT2D eigenvalue weighted by Gasteiger charge is 2.23. The Labute approximate surface area is 90.3 Å². The van der Waals surface area contributed by atoms with Crippen LogP contribution in [0, 0.1) is 0 Å². The predicted octanol–water partition coefficient (Wildman–Crippen LogP) is 0.479. The third-order valence-corrected chi connectivity index (χ3v) is 3.18. The van der Waals surface area contributed by atoms with E-state index in [1.807, 2.05) is 6.07 Å². The fourth-order valence-electron chi connectivity index (χ4n) is 1.36. The summed E-state index contributed by atoms with van der Waals surface area (Å²) >= 11 is -1.24. The first kappa shape index (κ1) is 10.3. The molecule has 0 aromatic heterocycles. The third kappa shape index (κ3) is 2.64. The molecule has 5 heteroatoms. The molecule has 15 heavy (non-hydrogen) atoms. The number of nitrogens with one attached hydrogen (secondary N) is 1. The molecule has 1 heterocycles. The fraction of sp³-hybridized carbons (Fsp3) is 0.300. The summed E-state index contributed by atoms with van der Waals surface area (Å²) in [5.74, 6) is 0.224. The van der Waals surface area contributed by atoms with Crippen molar-refractivity contribution in [3.05, 3.63) is 35.9 Å². The van der Waals surface area contributed by atoms with Crippen LogP contribution in [0.4, 0.5) is 0 Å². The molecule has 0 bridgehead atoms. The Hall–Kier alpha value is -1.20. The number of hydrogen-bond acceptors (Lipinski definition) is 3. The zero-order chi connectivity index (χ0) is 10.7. The van der Waals surface area contributed by atoms with Crippen molar-refractivity contribution in [2.24, 2.45) is 0 Å². The Morgan fingerprint density at radius 2 is 2.13 bits per heavy atom. The molecule has 4 nitrogen and oxygen atoms in total. The molecule has 1 amide bonds. The molecular weight excluding hydrogens is 214 g/mol. The molecule has 1 saturated heterocycles. The van der Waals surface area contributed by atoms with E-state index in [4.69, 9.17) is 4.18 Å². The Morgan fingerprint density at radius 1 is 1.40 bits per heavy atom. The van der Waals surface area contributed by atoms with E-state index < -0.39 is 11.1 Å². The summed E-state index contributed by atoms with van der Waals surface area (Å²) in [6.07, 6.45) is 0. The van der Waals surface area contributed by atoms with Crippen molar-refractivity contribution < 1.29 is 13.2 Å². The highest BCUT2D eigenvalue weighted by Crippen LogP contribution is 2.05. The van der Waals surface area contributed by atoms with Gasteiger partial charge < -0.3 is 5.32 Å². The lowest BCUT2D eigenvalue weighted by Crippen LogP contribution is -2.37. The lowest BCUT2D eigenvalue weighted by atomic mass is 10.2. The van der Waals surface area contributed by atoms with E-state index in [2.05, 4.69) is 5.32 Å². The predicted molar refractivity (Wildman–Crippen MR) is 56.7 cm³/mol. The van der Waals surface area contributed by atoms with Crippen LogP contribution in [0.15, 0.2) is 30.3 Å². The topological polar surface area (TPSA) is 55.4 Å². The van der Waals surface area contributed by atoms with Crippen LogP contribution in [-0.2, 0) is 15.3 Å². The Kier molecular flexibility index (Phi) is 3.13. The van der Waals surface area contributed by atoms with Crippen molar-refractivity contribution in [1.29, 1.82) is 0 Å². The molecule has 1 aromatic rings. The maximum Gasteiger partial charge on any atom is 0.251 e. The second-order valence-electron chi connectivity index (χ2n) is 3.29. The Bertz CT molecular complexity index is 380. The van der Waals surface area contributed by atoms with Crippen molar-refractivity contribution in [3.63, 3.8) is 0 Å². The van der Waals surface area contributed by atoms with Crippen molar-refractivity contribution in [1.82, 2.24) is 5.32 Å². The molecule has 1 unspecified atom stereocenters. The van der Waals surface area contributed by atoms with E-state index in [9.17, 15) is 9.00 Å². The van der Waals surface area contributed by atoms with Gasteiger partial charge in [-0.15, -0.1) is 0 Å². The van der Waals surface area contributed by atoms with Crippen LogP contribution in [-0.4, -0.2) is 28.5 Å². The lowest BCUT2D eigenvalue weighted by Gasteiger charge is -2.08. The smallest absolute Gasteiger partial charge is 0.251 e. The fourth-order valence-corrected chi connectivity index (χ4v) is 2.28. The van der Waals surface area contributed by atoms with Gasteiger partial charge in [-0.05, 0) is 12.1 Å². The number of benzene rings is 1. The maximum absolute atomic E-state index is 11.6. The van der Waals surface area contributed by atoms with Crippen molar-refractivity contribution >= 4 is 17.0 Å². The zero-order valence-corrected chi connectivity index (χ0v) is 8.83. The summed E-state index contributed by atoms with van der Waals surface area (Å²) in [6.45, 7) is 0.325. The maximum atomic E-state index is 11.6. The molecule has 1 aliphatic heterocycles. The Morgan fingerprint density at radius 3 is 2.73 bits per heavy atom. The summed E-state index contributed by atoms with van der Waals surface area (Å²) in [5, 5.41) is 2.77. The summed E-state index contributed by atoms with van der Waals surface area (Å²) in [4.78, 5) is 11.6. The van der Waals surface area contributed by atoms with Crippen molar-refractivity contribution in [3.8, 4) is 0 Å². The van der Waals surface area contributed by atoms with E-state index in [0.717, 1.165) is 0 Å². The minimum atomic E-state index is -1.24.